The van der Waals surface area contributed by atoms with Crippen molar-refractivity contribution in [2.45, 2.75) is 37.9 Å². The molecule has 1 unspecified atom stereocenters. The van der Waals surface area contributed by atoms with Gasteiger partial charge in [0.2, 0.25) is 0 Å². The summed E-state index contributed by atoms with van der Waals surface area (Å²) in [5.41, 5.74) is 1.73. The lowest BCUT2D eigenvalue weighted by atomic mass is 9.91. The molecule has 1 aliphatic carbocycles. The minimum atomic E-state index is -4.69. The quantitative estimate of drug-likeness (QED) is 0.503. The van der Waals surface area contributed by atoms with Crippen LogP contribution < -0.4 is 11.3 Å². The Bertz CT molecular complexity index is 439. The standard InChI is InChI=1S/C13H16F4N2/c14-11-6-5-9(7-10(11)13(15,16)17)12(19-18)8-3-1-2-4-8/h5-8,12,19H,1-4,18H2. The van der Waals surface area contributed by atoms with E-state index in [9.17, 15) is 17.6 Å². The van der Waals surface area contributed by atoms with Gasteiger partial charge in [0.1, 0.15) is 5.82 Å². The number of halogens is 4. The third-order valence-electron chi connectivity index (χ3n) is 3.71. The number of nitrogens with one attached hydrogen (secondary N) is 1. The third kappa shape index (κ3) is 3.06. The summed E-state index contributed by atoms with van der Waals surface area (Å²) in [6, 6.07) is 2.73. The molecule has 0 saturated heterocycles. The topological polar surface area (TPSA) is 38.0 Å². The fraction of sp³-hybridized carbons (Fsp3) is 0.538. The first-order valence-electron chi connectivity index (χ1n) is 6.26. The Labute approximate surface area is 109 Å². The van der Waals surface area contributed by atoms with E-state index in [0.717, 1.165) is 37.8 Å². The lowest BCUT2D eigenvalue weighted by Gasteiger charge is -2.24. The van der Waals surface area contributed by atoms with Crippen molar-refractivity contribution in [3.63, 3.8) is 0 Å². The first-order valence-corrected chi connectivity index (χ1v) is 6.26. The second-order valence-corrected chi connectivity index (χ2v) is 4.93. The van der Waals surface area contributed by atoms with Crippen molar-refractivity contribution in [2.75, 3.05) is 0 Å². The first kappa shape index (κ1) is 14.3. The maximum Gasteiger partial charge on any atom is 0.419 e. The van der Waals surface area contributed by atoms with Crippen LogP contribution in [0.15, 0.2) is 18.2 Å². The van der Waals surface area contributed by atoms with E-state index in [2.05, 4.69) is 5.43 Å². The van der Waals surface area contributed by atoms with E-state index in [4.69, 9.17) is 5.84 Å². The Kier molecular flexibility index (Phi) is 4.10. The minimum Gasteiger partial charge on any atom is -0.271 e. The average Bonchev–Trinajstić information content (AvgIpc) is 2.84. The van der Waals surface area contributed by atoms with Gasteiger partial charge in [0.15, 0.2) is 0 Å². The zero-order chi connectivity index (χ0) is 14.0. The number of hydrogen-bond acceptors (Lipinski definition) is 2. The molecule has 2 rings (SSSR count). The highest BCUT2D eigenvalue weighted by Gasteiger charge is 2.35. The van der Waals surface area contributed by atoms with E-state index in [1.54, 1.807) is 0 Å². The minimum absolute atomic E-state index is 0.205. The molecule has 1 fully saturated rings. The number of alkyl halides is 3. The molecule has 19 heavy (non-hydrogen) atoms. The SMILES string of the molecule is NNC(c1ccc(F)c(C(F)(F)F)c1)C1CCCC1. The summed E-state index contributed by atoms with van der Waals surface area (Å²) in [6.45, 7) is 0. The molecule has 0 bridgehead atoms. The van der Waals surface area contributed by atoms with Crippen molar-refractivity contribution in [1.29, 1.82) is 0 Å². The smallest absolute Gasteiger partial charge is 0.271 e. The van der Waals surface area contributed by atoms with Gasteiger partial charge < -0.3 is 0 Å². The van der Waals surface area contributed by atoms with Crippen molar-refractivity contribution in [3.05, 3.63) is 35.1 Å². The molecule has 106 valence electrons. The van der Waals surface area contributed by atoms with E-state index < -0.39 is 17.6 Å². The predicted molar refractivity (Wildman–Crippen MR) is 63.4 cm³/mol. The van der Waals surface area contributed by atoms with Crippen molar-refractivity contribution in [1.82, 2.24) is 5.43 Å². The van der Waals surface area contributed by atoms with Gasteiger partial charge in [0, 0.05) is 6.04 Å². The number of hydrazine groups is 1. The molecule has 1 aromatic rings. The van der Waals surface area contributed by atoms with Gasteiger partial charge in [-0.05, 0) is 36.5 Å². The summed E-state index contributed by atoms with van der Waals surface area (Å²) in [5.74, 6) is 4.41. The van der Waals surface area contributed by atoms with Gasteiger partial charge in [-0.2, -0.15) is 13.2 Å². The molecule has 3 N–H and O–H groups in total. The maximum atomic E-state index is 13.2. The number of rotatable bonds is 3. The molecule has 0 radical (unpaired) electrons. The number of hydrogen-bond donors (Lipinski definition) is 2. The van der Waals surface area contributed by atoms with Crippen molar-refractivity contribution in [3.8, 4) is 0 Å². The van der Waals surface area contributed by atoms with E-state index in [1.807, 2.05) is 0 Å². The van der Waals surface area contributed by atoms with Crippen LogP contribution in [0, 0.1) is 11.7 Å². The van der Waals surface area contributed by atoms with Crippen LogP contribution in [0.1, 0.15) is 42.9 Å². The Balaban J connectivity index is 2.33. The normalized spacial score (nSPS) is 18.8. The fourth-order valence-corrected chi connectivity index (χ4v) is 2.75. The Morgan fingerprint density at radius 3 is 2.37 bits per heavy atom. The van der Waals surface area contributed by atoms with Crippen LogP contribution in [0.25, 0.3) is 0 Å². The highest BCUT2D eigenvalue weighted by atomic mass is 19.4. The van der Waals surface area contributed by atoms with Gasteiger partial charge in [-0.25, -0.2) is 4.39 Å². The highest BCUT2D eigenvalue weighted by Crippen LogP contribution is 2.38. The predicted octanol–water partition coefficient (Wildman–Crippen LogP) is 3.54. The summed E-state index contributed by atoms with van der Waals surface area (Å²) in [5, 5.41) is 0. The van der Waals surface area contributed by atoms with Gasteiger partial charge in [-0.15, -0.1) is 0 Å². The number of benzene rings is 1. The first-order chi connectivity index (χ1) is 8.93. The van der Waals surface area contributed by atoms with Gasteiger partial charge >= 0.3 is 6.18 Å². The van der Waals surface area contributed by atoms with E-state index >= 15 is 0 Å². The van der Waals surface area contributed by atoms with Gasteiger partial charge in [0.05, 0.1) is 5.56 Å². The third-order valence-corrected chi connectivity index (χ3v) is 3.71. The van der Waals surface area contributed by atoms with Crippen LogP contribution in [0.3, 0.4) is 0 Å². The summed E-state index contributed by atoms with van der Waals surface area (Å²) in [4.78, 5) is 0. The molecule has 1 aliphatic rings. The van der Waals surface area contributed by atoms with E-state index in [-0.39, 0.29) is 12.0 Å². The van der Waals surface area contributed by atoms with Crippen molar-refractivity contribution < 1.29 is 17.6 Å². The van der Waals surface area contributed by atoms with Crippen molar-refractivity contribution in [2.24, 2.45) is 11.8 Å². The average molecular weight is 276 g/mol. The second-order valence-electron chi connectivity index (χ2n) is 4.93. The van der Waals surface area contributed by atoms with Crippen LogP contribution in [-0.4, -0.2) is 0 Å². The molecule has 0 heterocycles. The molecule has 1 atom stereocenters. The molecule has 1 aromatic carbocycles. The molecule has 0 aliphatic heterocycles. The Morgan fingerprint density at radius 2 is 1.84 bits per heavy atom. The molecule has 2 nitrogen and oxygen atoms in total. The van der Waals surface area contributed by atoms with Gasteiger partial charge in [0.25, 0.3) is 0 Å². The molecular formula is C13H16F4N2. The lowest BCUT2D eigenvalue weighted by molar-refractivity contribution is -0.140. The number of nitrogens with two attached hydrogens (primary N) is 1. The van der Waals surface area contributed by atoms with E-state index in [0.29, 0.717) is 5.56 Å². The summed E-state index contributed by atoms with van der Waals surface area (Å²) in [7, 11) is 0. The molecular weight excluding hydrogens is 260 g/mol. The van der Waals surface area contributed by atoms with Crippen molar-refractivity contribution >= 4 is 0 Å². The molecule has 1 saturated carbocycles. The highest BCUT2D eigenvalue weighted by molar-refractivity contribution is 5.30. The Morgan fingerprint density at radius 1 is 1.21 bits per heavy atom. The van der Waals surface area contributed by atoms with E-state index in [1.165, 1.54) is 6.07 Å². The monoisotopic (exact) mass is 276 g/mol. The van der Waals surface area contributed by atoms with Crippen LogP contribution in [0.4, 0.5) is 17.6 Å². The van der Waals surface area contributed by atoms with Gasteiger partial charge in [-0.3, -0.25) is 11.3 Å². The van der Waals surface area contributed by atoms with Crippen LogP contribution in [0.2, 0.25) is 0 Å². The van der Waals surface area contributed by atoms with Crippen LogP contribution in [0.5, 0.6) is 0 Å². The zero-order valence-corrected chi connectivity index (χ0v) is 10.3. The molecule has 0 spiro atoms. The van der Waals surface area contributed by atoms with Crippen LogP contribution >= 0.6 is 0 Å². The largest absolute Gasteiger partial charge is 0.419 e. The molecule has 0 amide bonds. The summed E-state index contributed by atoms with van der Waals surface area (Å²) < 4.78 is 51.3. The zero-order valence-electron chi connectivity index (χ0n) is 10.3. The molecule has 0 aromatic heterocycles. The lowest BCUT2D eigenvalue weighted by Crippen LogP contribution is -2.33. The maximum absolute atomic E-state index is 13.2. The summed E-state index contributed by atoms with van der Waals surface area (Å²) in [6.07, 6.45) is -0.734. The van der Waals surface area contributed by atoms with Gasteiger partial charge in [-0.1, -0.05) is 18.9 Å². The second kappa shape index (κ2) is 5.46. The molecule has 6 heteroatoms. The van der Waals surface area contributed by atoms with Crippen LogP contribution in [-0.2, 0) is 6.18 Å². The fourth-order valence-electron chi connectivity index (χ4n) is 2.75. The summed E-state index contributed by atoms with van der Waals surface area (Å²) >= 11 is 0. The Hall–Kier alpha value is -1.14.